The fraction of sp³-hybridized carbons (Fsp3) is 0.625. The van der Waals surface area contributed by atoms with Gasteiger partial charge in [-0.05, 0) is 75.8 Å². The maximum atomic E-state index is 12.8. The lowest BCUT2D eigenvalue weighted by Crippen LogP contribution is -2.48. The molecule has 21 heavy (non-hydrogen) atoms. The van der Waals surface area contributed by atoms with Crippen LogP contribution in [0, 0.1) is 34.6 Å². The molecule has 1 aromatic rings. The van der Waals surface area contributed by atoms with Gasteiger partial charge in [0.2, 0.25) is 10.0 Å². The van der Waals surface area contributed by atoms with Gasteiger partial charge in [-0.1, -0.05) is 6.92 Å². The lowest BCUT2D eigenvalue weighted by molar-refractivity contribution is 0.191. The molecule has 1 atom stereocenters. The van der Waals surface area contributed by atoms with E-state index in [1.807, 2.05) is 41.5 Å². The number of aliphatic hydroxyl groups excluding tert-OH is 1. The molecule has 0 spiro atoms. The highest BCUT2D eigenvalue weighted by Crippen LogP contribution is 2.30. The zero-order valence-electron chi connectivity index (χ0n) is 14.1. The van der Waals surface area contributed by atoms with E-state index in [0.717, 1.165) is 27.8 Å². The molecule has 2 N–H and O–H groups in total. The van der Waals surface area contributed by atoms with Crippen LogP contribution in [0.25, 0.3) is 0 Å². The predicted molar refractivity (Wildman–Crippen MR) is 86.2 cm³/mol. The molecular formula is C16H27NO3S. The van der Waals surface area contributed by atoms with Crippen LogP contribution in [0.3, 0.4) is 0 Å². The molecule has 0 aliphatic rings. The average molecular weight is 313 g/mol. The minimum atomic E-state index is -3.68. The molecule has 0 saturated heterocycles. The molecule has 1 unspecified atom stereocenters. The average Bonchev–Trinajstić information content (AvgIpc) is 2.42. The smallest absolute Gasteiger partial charge is 0.241 e. The molecule has 0 fully saturated rings. The van der Waals surface area contributed by atoms with Gasteiger partial charge >= 0.3 is 0 Å². The largest absolute Gasteiger partial charge is 0.394 e. The first-order valence-electron chi connectivity index (χ1n) is 7.22. The van der Waals surface area contributed by atoms with E-state index in [1.54, 1.807) is 6.92 Å². The van der Waals surface area contributed by atoms with Gasteiger partial charge in [0.15, 0.2) is 0 Å². The van der Waals surface area contributed by atoms with Crippen molar-refractivity contribution in [2.45, 2.75) is 65.3 Å². The van der Waals surface area contributed by atoms with E-state index in [9.17, 15) is 13.5 Å². The van der Waals surface area contributed by atoms with Crippen LogP contribution in [0.4, 0.5) is 0 Å². The number of hydrogen-bond acceptors (Lipinski definition) is 3. The van der Waals surface area contributed by atoms with Gasteiger partial charge in [-0.3, -0.25) is 0 Å². The van der Waals surface area contributed by atoms with Crippen LogP contribution in [-0.2, 0) is 10.0 Å². The molecule has 1 aromatic carbocycles. The maximum Gasteiger partial charge on any atom is 0.241 e. The monoisotopic (exact) mass is 313 g/mol. The topological polar surface area (TPSA) is 66.4 Å². The molecule has 0 radical (unpaired) electrons. The Balaban J connectivity index is 3.54. The van der Waals surface area contributed by atoms with Gasteiger partial charge < -0.3 is 5.11 Å². The molecule has 5 heteroatoms. The first kappa shape index (κ1) is 18.1. The van der Waals surface area contributed by atoms with E-state index in [-0.39, 0.29) is 6.61 Å². The second-order valence-corrected chi connectivity index (χ2v) is 7.75. The Morgan fingerprint density at radius 3 is 1.67 bits per heavy atom. The van der Waals surface area contributed by atoms with Crippen molar-refractivity contribution in [1.82, 2.24) is 4.72 Å². The Hall–Kier alpha value is -0.910. The zero-order chi connectivity index (χ0) is 16.6. The molecule has 1 rings (SSSR count). The third kappa shape index (κ3) is 3.30. The third-order valence-electron chi connectivity index (χ3n) is 4.71. The van der Waals surface area contributed by atoms with Gasteiger partial charge in [-0.15, -0.1) is 0 Å². The molecule has 0 heterocycles. The standard InChI is InChI=1S/C16H27NO3S/c1-8-16(7,9-18)17-21(19,20)15-13(5)11(3)10(2)12(4)14(15)6/h17-18H,8-9H2,1-7H3. The first-order chi connectivity index (χ1) is 9.50. The summed E-state index contributed by atoms with van der Waals surface area (Å²) in [7, 11) is -3.68. The summed E-state index contributed by atoms with van der Waals surface area (Å²) in [4.78, 5) is 0.344. The SMILES string of the molecule is CCC(C)(CO)NS(=O)(=O)c1c(C)c(C)c(C)c(C)c1C. The highest BCUT2D eigenvalue weighted by Gasteiger charge is 2.31. The minimum absolute atomic E-state index is 0.231. The van der Waals surface area contributed by atoms with Gasteiger partial charge in [-0.25, -0.2) is 13.1 Å². The number of rotatable bonds is 5. The van der Waals surface area contributed by atoms with E-state index in [1.165, 1.54) is 0 Å². The fourth-order valence-corrected chi connectivity index (χ4v) is 4.53. The number of hydrogen-bond donors (Lipinski definition) is 2. The van der Waals surface area contributed by atoms with Crippen molar-refractivity contribution in [2.75, 3.05) is 6.61 Å². The van der Waals surface area contributed by atoms with Crippen molar-refractivity contribution >= 4 is 10.0 Å². The molecule has 0 aliphatic carbocycles. The Kier molecular flexibility index (Phi) is 5.24. The van der Waals surface area contributed by atoms with Gasteiger partial charge in [0.25, 0.3) is 0 Å². The second-order valence-electron chi connectivity index (χ2n) is 6.13. The van der Waals surface area contributed by atoms with Crippen molar-refractivity contribution in [3.8, 4) is 0 Å². The molecule has 0 bridgehead atoms. The summed E-state index contributed by atoms with van der Waals surface area (Å²) in [6.45, 7) is 12.9. The van der Waals surface area contributed by atoms with Crippen LogP contribution in [0.2, 0.25) is 0 Å². The van der Waals surface area contributed by atoms with E-state index >= 15 is 0 Å². The summed E-state index contributed by atoms with van der Waals surface area (Å²) < 4.78 is 28.3. The van der Waals surface area contributed by atoms with Crippen molar-refractivity contribution in [1.29, 1.82) is 0 Å². The van der Waals surface area contributed by atoms with Gasteiger partial charge in [0.05, 0.1) is 17.0 Å². The van der Waals surface area contributed by atoms with E-state index < -0.39 is 15.6 Å². The summed E-state index contributed by atoms with van der Waals surface area (Å²) in [5, 5.41) is 9.46. The molecule has 120 valence electrons. The summed E-state index contributed by atoms with van der Waals surface area (Å²) in [6, 6.07) is 0. The molecule has 0 amide bonds. The molecule has 0 aliphatic heterocycles. The van der Waals surface area contributed by atoms with Gasteiger partial charge in [-0.2, -0.15) is 0 Å². The number of sulfonamides is 1. The summed E-state index contributed by atoms with van der Waals surface area (Å²) >= 11 is 0. The Morgan fingerprint density at radius 2 is 1.33 bits per heavy atom. The van der Waals surface area contributed by atoms with Crippen LogP contribution in [0.5, 0.6) is 0 Å². The van der Waals surface area contributed by atoms with Crippen molar-refractivity contribution in [3.63, 3.8) is 0 Å². The van der Waals surface area contributed by atoms with E-state index in [4.69, 9.17) is 0 Å². The molecule has 0 aromatic heterocycles. The van der Waals surface area contributed by atoms with Crippen LogP contribution in [0.1, 0.15) is 48.1 Å². The quantitative estimate of drug-likeness (QED) is 0.878. The zero-order valence-corrected chi connectivity index (χ0v) is 14.9. The maximum absolute atomic E-state index is 12.8. The minimum Gasteiger partial charge on any atom is -0.394 e. The third-order valence-corrected chi connectivity index (χ3v) is 6.62. The van der Waals surface area contributed by atoms with Gasteiger partial charge in [0, 0.05) is 0 Å². The van der Waals surface area contributed by atoms with Crippen molar-refractivity contribution in [3.05, 3.63) is 27.8 Å². The highest BCUT2D eigenvalue weighted by molar-refractivity contribution is 7.89. The van der Waals surface area contributed by atoms with Crippen LogP contribution >= 0.6 is 0 Å². The highest BCUT2D eigenvalue weighted by atomic mass is 32.2. The predicted octanol–water partition coefficient (Wildman–Crippen LogP) is 2.67. The van der Waals surface area contributed by atoms with Crippen molar-refractivity contribution < 1.29 is 13.5 Å². The lowest BCUT2D eigenvalue weighted by Gasteiger charge is -2.28. The molecule has 0 saturated carbocycles. The second kappa shape index (κ2) is 6.07. The van der Waals surface area contributed by atoms with Crippen molar-refractivity contribution in [2.24, 2.45) is 0 Å². The normalized spacial score (nSPS) is 15.0. The van der Waals surface area contributed by atoms with Gasteiger partial charge in [0.1, 0.15) is 0 Å². The Labute approximate surface area is 128 Å². The number of aliphatic hydroxyl groups is 1. The van der Waals surface area contributed by atoms with Crippen LogP contribution < -0.4 is 4.72 Å². The van der Waals surface area contributed by atoms with Crippen LogP contribution in [-0.4, -0.2) is 25.7 Å². The lowest BCUT2D eigenvalue weighted by atomic mass is 9.95. The van der Waals surface area contributed by atoms with E-state index in [2.05, 4.69) is 4.72 Å². The Bertz CT molecular complexity index is 615. The first-order valence-corrected chi connectivity index (χ1v) is 8.71. The fourth-order valence-electron chi connectivity index (χ4n) is 2.46. The molecule has 4 nitrogen and oxygen atoms in total. The summed E-state index contributed by atoms with van der Waals surface area (Å²) in [6.07, 6.45) is 0.519. The summed E-state index contributed by atoms with van der Waals surface area (Å²) in [5.74, 6) is 0. The summed E-state index contributed by atoms with van der Waals surface area (Å²) in [5.41, 5.74) is 3.84. The number of benzene rings is 1. The molecular weight excluding hydrogens is 286 g/mol. The Morgan fingerprint density at radius 1 is 0.952 bits per heavy atom. The van der Waals surface area contributed by atoms with Crippen LogP contribution in [0.15, 0.2) is 4.90 Å². The van der Waals surface area contributed by atoms with E-state index in [0.29, 0.717) is 11.3 Å². The number of nitrogens with one attached hydrogen (secondary N) is 1.